The second kappa shape index (κ2) is 3.94. The summed E-state index contributed by atoms with van der Waals surface area (Å²) in [7, 11) is 1.45. The van der Waals surface area contributed by atoms with E-state index in [0.717, 1.165) is 12.1 Å². The highest BCUT2D eigenvalue weighted by atomic mass is 19.3. The molecule has 0 aliphatic rings. The zero-order valence-corrected chi connectivity index (χ0v) is 9.31. The Balaban J connectivity index is 2.53. The fourth-order valence-corrected chi connectivity index (χ4v) is 1.65. The Kier molecular flexibility index (Phi) is 2.68. The predicted molar refractivity (Wildman–Crippen MR) is 57.6 cm³/mol. The maximum atomic E-state index is 13.5. The lowest BCUT2D eigenvalue weighted by Gasteiger charge is -2.13. The van der Waals surface area contributed by atoms with Gasteiger partial charge in [-0.05, 0) is 12.1 Å². The highest BCUT2D eigenvalue weighted by Gasteiger charge is 2.35. The Morgan fingerprint density at radius 3 is 2.78 bits per heavy atom. The number of benzene rings is 1. The van der Waals surface area contributed by atoms with Gasteiger partial charge in [0.1, 0.15) is 6.42 Å². The number of oxazole rings is 1. The monoisotopic (exact) mass is 257 g/mol. The maximum Gasteiger partial charge on any atom is 0.419 e. The van der Waals surface area contributed by atoms with Gasteiger partial charge in [-0.1, -0.05) is 6.07 Å². The van der Waals surface area contributed by atoms with E-state index in [2.05, 4.69) is 0 Å². The molecular formula is C11H9F2NO4. The van der Waals surface area contributed by atoms with E-state index in [0.29, 0.717) is 5.52 Å². The van der Waals surface area contributed by atoms with Gasteiger partial charge in [0, 0.05) is 12.6 Å². The van der Waals surface area contributed by atoms with Crippen molar-refractivity contribution in [3.8, 4) is 0 Å². The number of carboxylic acids is 1. The summed E-state index contributed by atoms with van der Waals surface area (Å²) >= 11 is 0. The molecule has 2 rings (SSSR count). The number of nitrogens with zero attached hydrogens (tertiary/aromatic N) is 1. The van der Waals surface area contributed by atoms with Crippen LogP contribution in [-0.4, -0.2) is 15.6 Å². The molecule has 0 saturated carbocycles. The van der Waals surface area contributed by atoms with Crippen molar-refractivity contribution in [3.05, 3.63) is 34.3 Å². The van der Waals surface area contributed by atoms with Crippen LogP contribution in [0.15, 0.2) is 27.4 Å². The second-order valence-electron chi connectivity index (χ2n) is 3.88. The lowest BCUT2D eigenvalue weighted by molar-refractivity contribution is -0.145. The smallest absolute Gasteiger partial charge is 0.419 e. The van der Waals surface area contributed by atoms with Crippen LogP contribution >= 0.6 is 0 Å². The molecule has 7 heteroatoms. The van der Waals surface area contributed by atoms with Gasteiger partial charge in [-0.2, -0.15) is 0 Å². The summed E-state index contributed by atoms with van der Waals surface area (Å²) in [4.78, 5) is 21.5. The van der Waals surface area contributed by atoms with Gasteiger partial charge in [0.15, 0.2) is 5.58 Å². The van der Waals surface area contributed by atoms with E-state index in [1.165, 1.54) is 17.7 Å². The Morgan fingerprint density at radius 2 is 2.17 bits per heavy atom. The van der Waals surface area contributed by atoms with Crippen LogP contribution in [0, 0.1) is 0 Å². The highest BCUT2D eigenvalue weighted by Crippen LogP contribution is 2.33. The van der Waals surface area contributed by atoms with E-state index in [9.17, 15) is 18.4 Å². The van der Waals surface area contributed by atoms with Crippen molar-refractivity contribution in [1.29, 1.82) is 0 Å². The fourth-order valence-electron chi connectivity index (χ4n) is 1.65. The van der Waals surface area contributed by atoms with Gasteiger partial charge in [0.05, 0.1) is 5.52 Å². The van der Waals surface area contributed by atoms with Gasteiger partial charge in [-0.3, -0.25) is 9.36 Å². The summed E-state index contributed by atoms with van der Waals surface area (Å²) in [5.41, 5.74) is -0.119. The Labute approximate surface area is 99.2 Å². The van der Waals surface area contributed by atoms with E-state index in [4.69, 9.17) is 9.52 Å². The minimum atomic E-state index is -3.51. The van der Waals surface area contributed by atoms with E-state index in [1.54, 1.807) is 0 Å². The summed E-state index contributed by atoms with van der Waals surface area (Å²) in [6.45, 7) is 0. The molecule has 1 aromatic carbocycles. The van der Waals surface area contributed by atoms with Gasteiger partial charge in [0.2, 0.25) is 0 Å². The van der Waals surface area contributed by atoms with Crippen LogP contribution in [0.3, 0.4) is 0 Å². The predicted octanol–water partition coefficient (Wildman–Crippen LogP) is 1.70. The van der Waals surface area contributed by atoms with Crippen LogP contribution in [0.1, 0.15) is 12.0 Å². The molecule has 0 spiro atoms. The molecule has 0 aliphatic carbocycles. The van der Waals surface area contributed by atoms with Crippen molar-refractivity contribution in [2.45, 2.75) is 12.3 Å². The summed E-state index contributed by atoms with van der Waals surface area (Å²) in [6.07, 6.45) is -1.31. The van der Waals surface area contributed by atoms with Crippen LogP contribution < -0.4 is 5.76 Å². The second-order valence-corrected chi connectivity index (χ2v) is 3.88. The first kappa shape index (κ1) is 12.3. The molecule has 1 aromatic heterocycles. The first-order valence-corrected chi connectivity index (χ1v) is 5.01. The van der Waals surface area contributed by atoms with Gasteiger partial charge < -0.3 is 9.52 Å². The Hall–Kier alpha value is -2.18. The third-order valence-electron chi connectivity index (χ3n) is 2.59. The largest absolute Gasteiger partial charge is 0.481 e. The molecule has 18 heavy (non-hydrogen) atoms. The molecule has 1 N–H and O–H groups in total. The third kappa shape index (κ3) is 1.99. The number of hydrogen-bond acceptors (Lipinski definition) is 3. The lowest BCUT2D eigenvalue weighted by atomic mass is 10.1. The number of aromatic nitrogens is 1. The van der Waals surface area contributed by atoms with E-state index >= 15 is 0 Å². The standard InChI is InChI=1S/C11H9F2NO4/c1-14-7-3-2-6(4-8(7)18-10(14)17)11(12,13)5-9(15)16/h2-4H,5H2,1H3,(H,15,16). The zero-order valence-electron chi connectivity index (χ0n) is 9.31. The van der Waals surface area contributed by atoms with E-state index < -0.39 is 29.6 Å². The summed E-state index contributed by atoms with van der Waals surface area (Å²) < 4.78 is 33.0. The number of rotatable bonds is 3. The number of halogens is 2. The zero-order chi connectivity index (χ0) is 13.5. The summed E-state index contributed by atoms with van der Waals surface area (Å²) in [6, 6.07) is 3.37. The van der Waals surface area contributed by atoms with Crippen LogP contribution in [0.25, 0.3) is 11.1 Å². The molecule has 0 radical (unpaired) electrons. The number of fused-ring (bicyclic) bond motifs is 1. The average Bonchev–Trinajstić information content (AvgIpc) is 2.52. The van der Waals surface area contributed by atoms with Crippen LogP contribution in [-0.2, 0) is 17.8 Å². The molecule has 0 fully saturated rings. The van der Waals surface area contributed by atoms with Crippen molar-refractivity contribution in [1.82, 2.24) is 4.57 Å². The van der Waals surface area contributed by atoms with Gasteiger partial charge in [-0.25, -0.2) is 13.6 Å². The maximum absolute atomic E-state index is 13.5. The first-order valence-electron chi connectivity index (χ1n) is 5.01. The molecule has 0 aliphatic heterocycles. The molecule has 0 saturated heterocycles. The first-order chi connectivity index (χ1) is 8.31. The van der Waals surface area contributed by atoms with Crippen molar-refractivity contribution >= 4 is 17.1 Å². The average molecular weight is 257 g/mol. The van der Waals surface area contributed by atoms with E-state index in [-0.39, 0.29) is 5.58 Å². The molecule has 1 heterocycles. The number of carbonyl (C=O) groups is 1. The molecule has 0 bridgehead atoms. The number of hydrogen-bond donors (Lipinski definition) is 1. The minimum absolute atomic E-state index is 0.00469. The van der Waals surface area contributed by atoms with E-state index in [1.807, 2.05) is 0 Å². The molecule has 0 amide bonds. The lowest BCUT2D eigenvalue weighted by Crippen LogP contribution is -2.18. The van der Waals surface area contributed by atoms with Crippen LogP contribution in [0.2, 0.25) is 0 Å². The van der Waals surface area contributed by atoms with Gasteiger partial charge in [-0.15, -0.1) is 0 Å². The Morgan fingerprint density at radius 1 is 1.50 bits per heavy atom. The minimum Gasteiger partial charge on any atom is -0.481 e. The SMILES string of the molecule is Cn1c(=O)oc2cc(C(F)(F)CC(=O)O)ccc21. The normalized spacial score (nSPS) is 11.9. The topological polar surface area (TPSA) is 72.4 Å². The van der Waals surface area contributed by atoms with Crippen molar-refractivity contribution < 1.29 is 23.1 Å². The number of carboxylic acid groups (broad SMARTS) is 1. The van der Waals surface area contributed by atoms with Crippen molar-refractivity contribution in [3.63, 3.8) is 0 Å². The molecule has 96 valence electrons. The number of aryl methyl sites for hydroxylation is 1. The van der Waals surface area contributed by atoms with Gasteiger partial charge >= 0.3 is 11.7 Å². The van der Waals surface area contributed by atoms with Crippen molar-refractivity contribution in [2.75, 3.05) is 0 Å². The molecule has 5 nitrogen and oxygen atoms in total. The number of alkyl halides is 2. The van der Waals surface area contributed by atoms with Crippen LogP contribution in [0.5, 0.6) is 0 Å². The Bertz CT molecular complexity index is 671. The highest BCUT2D eigenvalue weighted by molar-refractivity contribution is 5.74. The quantitative estimate of drug-likeness (QED) is 0.908. The third-order valence-corrected chi connectivity index (χ3v) is 2.59. The molecule has 0 atom stereocenters. The fraction of sp³-hybridized carbons (Fsp3) is 0.273. The molecule has 0 unspecified atom stereocenters. The molecule has 2 aromatic rings. The summed E-state index contributed by atoms with van der Waals surface area (Å²) in [5, 5.41) is 8.41. The molecular weight excluding hydrogens is 248 g/mol. The number of aliphatic carboxylic acids is 1. The van der Waals surface area contributed by atoms with Gasteiger partial charge in [0.25, 0.3) is 5.92 Å². The van der Waals surface area contributed by atoms with Crippen LogP contribution in [0.4, 0.5) is 8.78 Å². The summed E-state index contributed by atoms with van der Waals surface area (Å²) in [5.74, 6) is -5.77. The van der Waals surface area contributed by atoms with Crippen molar-refractivity contribution in [2.24, 2.45) is 7.05 Å².